The summed E-state index contributed by atoms with van der Waals surface area (Å²) in [4.78, 5) is 0. The molecule has 1 aromatic rings. The van der Waals surface area contributed by atoms with Crippen LogP contribution in [0.15, 0.2) is 6.07 Å². The van der Waals surface area contributed by atoms with Gasteiger partial charge in [-0.25, -0.2) is 4.68 Å². The smallest absolute Gasteiger partial charge is 0.384 e. The number of nitrogens with two attached hydrogens (primary N) is 1. The Morgan fingerprint density at radius 2 is 2.14 bits per heavy atom. The lowest BCUT2D eigenvalue weighted by atomic mass is 10.2. The maximum Gasteiger partial charge on any atom is 0.408 e. The molecule has 0 atom stereocenters. The van der Waals surface area contributed by atoms with Gasteiger partial charge in [-0.15, -0.1) is 0 Å². The molecule has 0 aliphatic heterocycles. The number of rotatable bonds is 3. The van der Waals surface area contributed by atoms with Gasteiger partial charge in [0.15, 0.2) is 0 Å². The summed E-state index contributed by atoms with van der Waals surface area (Å²) < 4.78 is 36.8. The van der Waals surface area contributed by atoms with Gasteiger partial charge in [0.2, 0.25) is 0 Å². The van der Waals surface area contributed by atoms with Crippen molar-refractivity contribution in [2.24, 2.45) is 0 Å². The zero-order valence-electron chi connectivity index (χ0n) is 7.80. The molecule has 2 N–H and O–H groups in total. The lowest BCUT2D eigenvalue weighted by Gasteiger charge is -2.07. The molecule has 1 rings (SSSR count). The standard InChI is InChI=1S/C8H12F3N3/c1-2-3-6-4-7(12)14(13-6)5-8(9,10)11/h4H,2-3,5,12H2,1H3. The third-order valence-corrected chi connectivity index (χ3v) is 1.70. The summed E-state index contributed by atoms with van der Waals surface area (Å²) in [5, 5.41) is 3.76. The van der Waals surface area contributed by atoms with E-state index in [0.29, 0.717) is 12.1 Å². The molecule has 0 aromatic carbocycles. The number of alkyl halides is 3. The molecule has 1 aromatic heterocycles. The van der Waals surface area contributed by atoms with E-state index >= 15 is 0 Å². The first-order valence-electron chi connectivity index (χ1n) is 4.31. The number of halogens is 3. The van der Waals surface area contributed by atoms with Gasteiger partial charge in [-0.2, -0.15) is 18.3 Å². The molecule has 14 heavy (non-hydrogen) atoms. The Bertz CT molecular complexity index is 303. The van der Waals surface area contributed by atoms with Crippen LogP contribution >= 0.6 is 0 Å². The van der Waals surface area contributed by atoms with Crippen molar-refractivity contribution < 1.29 is 13.2 Å². The van der Waals surface area contributed by atoms with Crippen molar-refractivity contribution in [1.82, 2.24) is 9.78 Å². The normalized spacial score (nSPS) is 12.0. The van der Waals surface area contributed by atoms with E-state index in [1.807, 2.05) is 6.92 Å². The summed E-state index contributed by atoms with van der Waals surface area (Å²) in [6.45, 7) is 0.807. The number of anilines is 1. The molecule has 6 heteroatoms. The maximum atomic E-state index is 12.0. The monoisotopic (exact) mass is 207 g/mol. The second kappa shape index (κ2) is 3.89. The van der Waals surface area contributed by atoms with Crippen LogP contribution in [0.5, 0.6) is 0 Å². The van der Waals surface area contributed by atoms with Crippen LogP contribution in [0.1, 0.15) is 19.0 Å². The second-order valence-electron chi connectivity index (χ2n) is 3.08. The highest BCUT2D eigenvalue weighted by molar-refractivity contribution is 5.30. The van der Waals surface area contributed by atoms with E-state index in [0.717, 1.165) is 11.1 Å². The molecule has 0 saturated carbocycles. The fraction of sp³-hybridized carbons (Fsp3) is 0.625. The van der Waals surface area contributed by atoms with E-state index in [2.05, 4.69) is 5.10 Å². The van der Waals surface area contributed by atoms with Crippen molar-refractivity contribution in [2.75, 3.05) is 5.73 Å². The lowest BCUT2D eigenvalue weighted by molar-refractivity contribution is -0.142. The third-order valence-electron chi connectivity index (χ3n) is 1.70. The minimum Gasteiger partial charge on any atom is -0.384 e. The first kappa shape index (κ1) is 10.9. The average Bonchev–Trinajstić information content (AvgIpc) is 2.29. The Kier molecular flexibility index (Phi) is 3.03. The van der Waals surface area contributed by atoms with E-state index < -0.39 is 12.7 Å². The number of aryl methyl sites for hydroxylation is 1. The Labute approximate surface area is 79.7 Å². The van der Waals surface area contributed by atoms with Gasteiger partial charge in [0.1, 0.15) is 12.4 Å². The zero-order valence-corrected chi connectivity index (χ0v) is 7.80. The van der Waals surface area contributed by atoms with Gasteiger partial charge in [-0.1, -0.05) is 13.3 Å². The number of nitrogens with zero attached hydrogens (tertiary/aromatic N) is 2. The average molecular weight is 207 g/mol. The first-order valence-corrected chi connectivity index (χ1v) is 4.31. The van der Waals surface area contributed by atoms with Crippen LogP contribution in [-0.2, 0) is 13.0 Å². The molecule has 1 heterocycles. The SMILES string of the molecule is CCCc1cc(N)n(CC(F)(F)F)n1. The summed E-state index contributed by atoms with van der Waals surface area (Å²) in [5.41, 5.74) is 5.99. The van der Waals surface area contributed by atoms with Crippen LogP contribution in [-0.4, -0.2) is 16.0 Å². The van der Waals surface area contributed by atoms with Gasteiger partial charge in [-0.05, 0) is 6.42 Å². The van der Waals surface area contributed by atoms with Crippen molar-refractivity contribution in [1.29, 1.82) is 0 Å². The predicted molar refractivity (Wildman–Crippen MR) is 46.7 cm³/mol. The molecule has 0 fully saturated rings. The van der Waals surface area contributed by atoms with E-state index in [1.54, 1.807) is 0 Å². The number of nitrogen functional groups attached to an aromatic ring is 1. The summed E-state index contributed by atoms with van der Waals surface area (Å²) >= 11 is 0. The number of aromatic nitrogens is 2. The maximum absolute atomic E-state index is 12.0. The van der Waals surface area contributed by atoms with Crippen LogP contribution in [0.4, 0.5) is 19.0 Å². The number of hydrogen-bond donors (Lipinski definition) is 1. The van der Waals surface area contributed by atoms with E-state index in [-0.39, 0.29) is 5.82 Å². The lowest BCUT2D eigenvalue weighted by Crippen LogP contribution is -2.20. The van der Waals surface area contributed by atoms with Gasteiger partial charge in [0.25, 0.3) is 0 Å². The van der Waals surface area contributed by atoms with E-state index in [9.17, 15) is 13.2 Å². The van der Waals surface area contributed by atoms with Crippen LogP contribution < -0.4 is 5.73 Å². The summed E-state index contributed by atoms with van der Waals surface area (Å²) in [6.07, 6.45) is -2.79. The summed E-state index contributed by atoms with van der Waals surface area (Å²) in [7, 11) is 0. The third kappa shape index (κ3) is 2.93. The second-order valence-corrected chi connectivity index (χ2v) is 3.08. The van der Waals surface area contributed by atoms with Gasteiger partial charge in [0.05, 0.1) is 5.69 Å². The summed E-state index contributed by atoms with van der Waals surface area (Å²) in [6, 6.07) is 1.48. The van der Waals surface area contributed by atoms with Crippen LogP contribution in [0.2, 0.25) is 0 Å². The predicted octanol–water partition coefficient (Wildman–Crippen LogP) is 1.98. The van der Waals surface area contributed by atoms with Crippen molar-refractivity contribution in [3.63, 3.8) is 0 Å². The molecular formula is C8H12F3N3. The molecule has 3 nitrogen and oxygen atoms in total. The van der Waals surface area contributed by atoms with Gasteiger partial charge < -0.3 is 5.73 Å². The van der Waals surface area contributed by atoms with Crippen molar-refractivity contribution >= 4 is 5.82 Å². The summed E-state index contributed by atoms with van der Waals surface area (Å²) in [5.74, 6) is 0.0609. The largest absolute Gasteiger partial charge is 0.408 e. The topological polar surface area (TPSA) is 43.8 Å². The Balaban J connectivity index is 2.77. The van der Waals surface area contributed by atoms with Crippen molar-refractivity contribution in [3.05, 3.63) is 11.8 Å². The first-order chi connectivity index (χ1) is 6.42. The molecule has 0 unspecified atom stereocenters. The fourth-order valence-corrected chi connectivity index (χ4v) is 1.16. The molecule has 0 saturated heterocycles. The highest BCUT2D eigenvalue weighted by Gasteiger charge is 2.29. The highest BCUT2D eigenvalue weighted by Crippen LogP contribution is 2.19. The number of hydrogen-bond acceptors (Lipinski definition) is 2. The Morgan fingerprint density at radius 1 is 1.50 bits per heavy atom. The van der Waals surface area contributed by atoms with Gasteiger partial charge in [-0.3, -0.25) is 0 Å². The molecule has 0 radical (unpaired) electrons. The molecule has 0 bridgehead atoms. The fourth-order valence-electron chi connectivity index (χ4n) is 1.16. The van der Waals surface area contributed by atoms with Crippen LogP contribution in [0, 0.1) is 0 Å². The molecule has 0 amide bonds. The quantitative estimate of drug-likeness (QED) is 0.823. The Hall–Kier alpha value is -1.20. The van der Waals surface area contributed by atoms with E-state index in [4.69, 9.17) is 5.73 Å². The van der Waals surface area contributed by atoms with Gasteiger partial charge in [0, 0.05) is 6.07 Å². The molecule has 0 aliphatic carbocycles. The van der Waals surface area contributed by atoms with E-state index in [1.165, 1.54) is 6.07 Å². The minimum atomic E-state index is -4.27. The zero-order chi connectivity index (χ0) is 10.8. The van der Waals surface area contributed by atoms with Crippen molar-refractivity contribution in [3.8, 4) is 0 Å². The molecular weight excluding hydrogens is 195 g/mol. The Morgan fingerprint density at radius 3 is 2.64 bits per heavy atom. The van der Waals surface area contributed by atoms with Crippen LogP contribution in [0.25, 0.3) is 0 Å². The van der Waals surface area contributed by atoms with Crippen molar-refractivity contribution in [2.45, 2.75) is 32.5 Å². The molecule has 0 aliphatic rings. The van der Waals surface area contributed by atoms with Crippen LogP contribution in [0.3, 0.4) is 0 Å². The van der Waals surface area contributed by atoms with Gasteiger partial charge >= 0.3 is 6.18 Å². The molecule has 0 spiro atoms. The molecule has 80 valence electrons. The minimum absolute atomic E-state index is 0.0609. The highest BCUT2D eigenvalue weighted by atomic mass is 19.4.